The van der Waals surface area contributed by atoms with Gasteiger partial charge in [0.05, 0.1) is 7.11 Å². The normalized spacial score (nSPS) is 10.7. The Hall–Kier alpha value is -4.36. The zero-order valence-electron chi connectivity index (χ0n) is 18.5. The average Bonchev–Trinajstić information content (AvgIpc) is 3.34. The molecule has 0 saturated carbocycles. The first kappa shape index (κ1) is 24.3. The summed E-state index contributed by atoms with van der Waals surface area (Å²) < 4.78 is 16.8. The van der Waals surface area contributed by atoms with Crippen LogP contribution in [0.4, 0.5) is 10.8 Å². The molecule has 9 nitrogen and oxygen atoms in total. The first-order chi connectivity index (χ1) is 16.5. The molecule has 0 atom stereocenters. The number of nitrogens with one attached hydrogen (secondary N) is 2. The van der Waals surface area contributed by atoms with E-state index in [-0.39, 0.29) is 18.1 Å². The van der Waals surface area contributed by atoms with Crippen LogP contribution < -0.4 is 24.8 Å². The van der Waals surface area contributed by atoms with Crippen LogP contribution in [0.25, 0.3) is 6.08 Å². The molecule has 0 unspecified atom stereocenters. The molecular weight excluding hydrogens is 456 g/mol. The molecule has 0 saturated heterocycles. The fourth-order valence-corrected chi connectivity index (χ4v) is 3.33. The highest BCUT2D eigenvalue weighted by Gasteiger charge is 2.12. The predicted molar refractivity (Wildman–Crippen MR) is 129 cm³/mol. The van der Waals surface area contributed by atoms with Gasteiger partial charge in [0.1, 0.15) is 30.6 Å². The third kappa shape index (κ3) is 7.08. The van der Waals surface area contributed by atoms with Gasteiger partial charge in [-0.2, -0.15) is 5.26 Å². The molecule has 0 aliphatic rings. The number of anilines is 2. The fourth-order valence-electron chi connectivity index (χ4n) is 2.81. The SMILES string of the molecule is COc1cc(/C=C(/C#N)C(=O)Nc2nccs2)ccc1OCCOc1ccc(NC(C)=O)cc1. The highest BCUT2D eigenvalue weighted by molar-refractivity contribution is 7.13. The van der Waals surface area contributed by atoms with Gasteiger partial charge in [-0.3, -0.25) is 14.9 Å². The van der Waals surface area contributed by atoms with Gasteiger partial charge in [-0.25, -0.2) is 4.98 Å². The minimum atomic E-state index is -0.543. The number of hydrogen-bond donors (Lipinski definition) is 2. The van der Waals surface area contributed by atoms with Crippen molar-refractivity contribution in [2.45, 2.75) is 6.92 Å². The molecule has 1 aromatic heterocycles. The van der Waals surface area contributed by atoms with Crippen LogP contribution in [0.5, 0.6) is 17.2 Å². The summed E-state index contributed by atoms with van der Waals surface area (Å²) in [6.07, 6.45) is 3.03. The van der Waals surface area contributed by atoms with Crippen molar-refractivity contribution in [1.82, 2.24) is 4.98 Å². The highest BCUT2D eigenvalue weighted by Crippen LogP contribution is 2.29. The monoisotopic (exact) mass is 478 g/mol. The maximum Gasteiger partial charge on any atom is 0.268 e. The zero-order chi connectivity index (χ0) is 24.3. The molecule has 10 heteroatoms. The van der Waals surface area contributed by atoms with Gasteiger partial charge in [0, 0.05) is 24.2 Å². The molecule has 0 bridgehead atoms. The van der Waals surface area contributed by atoms with Crippen LogP contribution in [0.3, 0.4) is 0 Å². The van der Waals surface area contributed by atoms with Crippen LogP contribution >= 0.6 is 11.3 Å². The van der Waals surface area contributed by atoms with E-state index in [1.165, 1.54) is 31.4 Å². The van der Waals surface area contributed by atoms with E-state index in [9.17, 15) is 14.9 Å². The van der Waals surface area contributed by atoms with Crippen molar-refractivity contribution in [3.63, 3.8) is 0 Å². The summed E-state index contributed by atoms with van der Waals surface area (Å²) in [7, 11) is 1.50. The third-order valence-electron chi connectivity index (χ3n) is 4.30. The number of benzene rings is 2. The van der Waals surface area contributed by atoms with Crippen LogP contribution in [-0.2, 0) is 9.59 Å². The number of aromatic nitrogens is 1. The van der Waals surface area contributed by atoms with Crippen molar-refractivity contribution in [3.05, 3.63) is 65.2 Å². The van der Waals surface area contributed by atoms with Crippen molar-refractivity contribution in [2.24, 2.45) is 0 Å². The second-order valence-electron chi connectivity index (χ2n) is 6.77. The van der Waals surface area contributed by atoms with E-state index in [4.69, 9.17) is 14.2 Å². The van der Waals surface area contributed by atoms with Gasteiger partial charge in [0.25, 0.3) is 5.91 Å². The Kier molecular flexibility index (Phi) is 8.60. The number of nitriles is 1. The quantitative estimate of drug-likeness (QED) is 0.255. The van der Waals surface area contributed by atoms with Gasteiger partial charge in [-0.05, 0) is 48.0 Å². The van der Waals surface area contributed by atoms with Crippen molar-refractivity contribution in [2.75, 3.05) is 31.0 Å². The lowest BCUT2D eigenvalue weighted by atomic mass is 10.1. The standard InChI is InChI=1S/C24H22N4O5S/c1-16(29)27-19-4-6-20(7-5-19)32-10-11-33-21-8-3-17(14-22(21)31-2)13-18(15-25)23(30)28-24-26-9-12-34-24/h3-9,12-14H,10-11H2,1-2H3,(H,27,29)(H,26,28,30)/b18-13-. The number of thiazole rings is 1. The molecule has 0 fully saturated rings. The second kappa shape index (κ2) is 12.0. The Labute approximate surface area is 200 Å². The topological polar surface area (TPSA) is 123 Å². The third-order valence-corrected chi connectivity index (χ3v) is 4.99. The predicted octanol–water partition coefficient (Wildman–Crippen LogP) is 4.11. The zero-order valence-corrected chi connectivity index (χ0v) is 19.3. The van der Waals surface area contributed by atoms with Crippen LogP contribution in [0.1, 0.15) is 12.5 Å². The van der Waals surface area contributed by atoms with E-state index in [1.807, 2.05) is 6.07 Å². The van der Waals surface area contributed by atoms with Gasteiger partial charge >= 0.3 is 0 Å². The molecule has 0 spiro atoms. The van der Waals surface area contributed by atoms with Gasteiger partial charge in [-0.15, -0.1) is 11.3 Å². The van der Waals surface area contributed by atoms with Crippen molar-refractivity contribution in [3.8, 4) is 23.3 Å². The largest absolute Gasteiger partial charge is 0.493 e. The van der Waals surface area contributed by atoms with Gasteiger partial charge in [-0.1, -0.05) is 6.07 Å². The highest BCUT2D eigenvalue weighted by atomic mass is 32.1. The van der Waals surface area contributed by atoms with Crippen molar-refractivity contribution >= 4 is 40.0 Å². The maximum atomic E-state index is 12.3. The van der Waals surface area contributed by atoms with E-state index in [1.54, 1.807) is 54.0 Å². The molecule has 0 aliphatic heterocycles. The van der Waals surface area contributed by atoms with E-state index in [0.29, 0.717) is 40.2 Å². The van der Waals surface area contributed by atoms with Crippen LogP contribution in [0, 0.1) is 11.3 Å². The first-order valence-corrected chi connectivity index (χ1v) is 11.0. The molecule has 2 aromatic carbocycles. The summed E-state index contributed by atoms with van der Waals surface area (Å²) in [5.41, 5.74) is 1.23. The summed E-state index contributed by atoms with van der Waals surface area (Å²) in [6.45, 7) is 2.00. The minimum absolute atomic E-state index is 0.0659. The second-order valence-corrected chi connectivity index (χ2v) is 7.67. The lowest BCUT2D eigenvalue weighted by Crippen LogP contribution is -2.13. The lowest BCUT2D eigenvalue weighted by molar-refractivity contribution is -0.114. The van der Waals surface area contributed by atoms with E-state index >= 15 is 0 Å². The number of amides is 2. The minimum Gasteiger partial charge on any atom is -0.493 e. The van der Waals surface area contributed by atoms with Crippen LogP contribution in [-0.4, -0.2) is 37.1 Å². The Morgan fingerprint density at radius 1 is 1.09 bits per heavy atom. The van der Waals surface area contributed by atoms with Gasteiger partial charge < -0.3 is 19.5 Å². The summed E-state index contributed by atoms with van der Waals surface area (Å²) >= 11 is 1.26. The summed E-state index contributed by atoms with van der Waals surface area (Å²) in [5.74, 6) is 0.908. The van der Waals surface area contributed by atoms with Crippen molar-refractivity contribution < 1.29 is 23.8 Å². The van der Waals surface area contributed by atoms with E-state index in [0.717, 1.165) is 0 Å². The molecule has 34 heavy (non-hydrogen) atoms. The maximum absolute atomic E-state index is 12.3. The molecule has 2 N–H and O–H groups in total. The molecule has 1 heterocycles. The van der Waals surface area contributed by atoms with Gasteiger partial charge in [0.2, 0.25) is 5.91 Å². The first-order valence-electron chi connectivity index (χ1n) is 10.1. The smallest absolute Gasteiger partial charge is 0.268 e. The molecule has 3 rings (SSSR count). The molecule has 0 aliphatic carbocycles. The number of nitrogens with zero attached hydrogens (tertiary/aromatic N) is 2. The van der Waals surface area contributed by atoms with E-state index < -0.39 is 5.91 Å². The number of ether oxygens (including phenoxy) is 3. The number of carbonyl (C=O) groups excluding carboxylic acids is 2. The van der Waals surface area contributed by atoms with Crippen molar-refractivity contribution in [1.29, 1.82) is 5.26 Å². The van der Waals surface area contributed by atoms with Crippen LogP contribution in [0.15, 0.2) is 59.6 Å². The number of carbonyl (C=O) groups is 2. The van der Waals surface area contributed by atoms with Gasteiger partial charge in [0.15, 0.2) is 16.6 Å². The fraction of sp³-hybridized carbons (Fsp3) is 0.167. The molecule has 2 amide bonds. The van der Waals surface area contributed by atoms with E-state index in [2.05, 4.69) is 15.6 Å². The molecule has 0 radical (unpaired) electrons. The summed E-state index contributed by atoms with van der Waals surface area (Å²) in [5, 5.41) is 16.8. The summed E-state index contributed by atoms with van der Waals surface area (Å²) in [6, 6.07) is 14.0. The Balaban J connectivity index is 1.57. The lowest BCUT2D eigenvalue weighted by Gasteiger charge is -2.12. The number of methoxy groups -OCH3 is 1. The Morgan fingerprint density at radius 3 is 2.50 bits per heavy atom. The Morgan fingerprint density at radius 2 is 1.85 bits per heavy atom. The molecule has 174 valence electrons. The Bertz CT molecular complexity index is 1200. The average molecular weight is 479 g/mol. The summed E-state index contributed by atoms with van der Waals surface area (Å²) in [4.78, 5) is 27.3. The molecule has 3 aromatic rings. The molecular formula is C24H22N4O5S. The number of hydrogen-bond acceptors (Lipinski definition) is 8. The van der Waals surface area contributed by atoms with Crippen LogP contribution in [0.2, 0.25) is 0 Å². The number of rotatable bonds is 10.